The summed E-state index contributed by atoms with van der Waals surface area (Å²) in [7, 11) is -23.9. The summed E-state index contributed by atoms with van der Waals surface area (Å²) >= 11 is 0. The molecule has 0 spiro atoms. The molecule has 0 aromatic rings. The van der Waals surface area contributed by atoms with Gasteiger partial charge in [-0.2, -0.15) is 58.9 Å². The molecule has 6 aliphatic rings. The maximum Gasteiger partial charge on any atom is 0.400 e. The summed E-state index contributed by atoms with van der Waals surface area (Å²) in [6.07, 6.45) is -51.5. The van der Waals surface area contributed by atoms with Gasteiger partial charge in [-0.05, 0) is 6.42 Å². The second-order valence-corrected chi connectivity index (χ2v) is 35.3. The maximum absolute atomic E-state index is 14.4. The molecule has 5 fully saturated rings. The molecule has 25 atom stereocenters. The van der Waals surface area contributed by atoms with Crippen LogP contribution in [0.3, 0.4) is 0 Å². The Labute approximate surface area is 726 Å². The van der Waals surface area contributed by atoms with E-state index in [4.69, 9.17) is 133 Å². The number of methoxy groups -OCH3 is 9. The van der Waals surface area contributed by atoms with E-state index in [1.54, 1.807) is 0 Å². The second-order valence-electron chi connectivity index (χ2n) is 25.8. The topological polar surface area (TPSA) is 672 Å². The van der Waals surface area contributed by atoms with Crippen molar-refractivity contribution in [1.82, 2.24) is 10.2 Å². The van der Waals surface area contributed by atoms with Gasteiger partial charge in [0.2, 0.25) is 5.91 Å². The van der Waals surface area contributed by atoms with E-state index in [0.29, 0.717) is 42.7 Å². The van der Waals surface area contributed by atoms with Gasteiger partial charge in [-0.1, -0.05) is 0 Å². The quantitative estimate of drug-likeness (QED) is 0.0336. The monoisotopic (exact) mass is 1980 g/mol. The minimum Gasteiger partial charge on any atom is -0.467 e. The van der Waals surface area contributed by atoms with E-state index in [1.165, 1.54) is 7.11 Å². The van der Waals surface area contributed by atoms with E-state index in [-0.39, 0.29) is 78.1 Å². The highest BCUT2D eigenvalue weighted by molar-refractivity contribution is 7.83. The molecular formula is C62H104N2O55S7. The first kappa shape index (κ1) is 110. The third kappa shape index (κ3) is 31.4. The first-order valence-corrected chi connectivity index (χ1v) is 46.0. The number of hydrogen-bond acceptors (Lipinski definition) is 55. The molecule has 0 unspecified atom stereocenters. The highest BCUT2D eigenvalue weighted by Crippen LogP contribution is 2.42. The molecule has 0 aliphatic carbocycles. The van der Waals surface area contributed by atoms with Crippen molar-refractivity contribution in [3.05, 3.63) is 12.2 Å². The minimum absolute atomic E-state index is 0.0197. The number of rotatable bonds is 58. The van der Waals surface area contributed by atoms with Crippen molar-refractivity contribution < 1.29 is 246 Å². The minimum atomic E-state index is -5.64. The highest BCUT2D eigenvalue weighted by Gasteiger charge is 2.63. The first-order chi connectivity index (χ1) is 59.5. The average molecular weight is 1980 g/mol. The lowest BCUT2D eigenvalue weighted by Gasteiger charge is -2.51. The Kier molecular flexibility index (Phi) is 44.8. The molecule has 57 nitrogen and oxygen atoms in total. The first-order valence-electron chi connectivity index (χ1n) is 36.7. The van der Waals surface area contributed by atoms with Crippen molar-refractivity contribution in [2.24, 2.45) is 0 Å². The van der Waals surface area contributed by atoms with Crippen molar-refractivity contribution in [1.29, 1.82) is 0 Å². The summed E-state index contributed by atoms with van der Waals surface area (Å²) < 4.78 is 383. The summed E-state index contributed by atoms with van der Waals surface area (Å²) in [5, 5.41) is 2.67. The molecule has 0 bridgehead atoms. The van der Waals surface area contributed by atoms with Gasteiger partial charge in [0.05, 0.1) is 130 Å². The second kappa shape index (κ2) is 51.2. The lowest BCUT2D eigenvalue weighted by molar-refractivity contribution is -0.388. The smallest absolute Gasteiger partial charge is 0.400 e. The number of amides is 3. The van der Waals surface area contributed by atoms with E-state index < -0.39 is 270 Å². The van der Waals surface area contributed by atoms with E-state index in [2.05, 4.69) is 34.6 Å². The zero-order valence-electron chi connectivity index (χ0n) is 70.2. The molecule has 0 radical (unpaired) electrons. The van der Waals surface area contributed by atoms with Gasteiger partial charge < -0.3 is 110 Å². The SMILES string of the molecule is COC(=O)[C@H]1O[C@@H](O[C@H]2[C@H](OS(=O)(=O)OC)[C@@H](OS(=O)(=O)OC)[C@@H](O[C@H]3[C@H](OC)[C@@H](OC)[C@H](O[C@H]4[C@H](OS(=O)(=O)OC)[C@@H](OS(=O)(=O)OC)[C@@H](OC)O[C@@H]4COS(=O)(=O)OC)O[C@H]3C(=O)OC)O[C@@H]2COS(=O)(=O)OC)[C@H](OC)[C@@H](OC)[C@@H]1O[C@H]1O[C@H](COS(=O)(=O)OC)[C@@H](OCCOCCOCCOCCNC(=O)CCCN2C(=O)C=CC2=O)[C@H](OC)[C@H]1OC. The Balaban J connectivity index is 1.33. The Bertz CT molecular complexity index is 4290. The van der Waals surface area contributed by atoms with Gasteiger partial charge in [-0.15, -0.1) is 0 Å². The van der Waals surface area contributed by atoms with Crippen LogP contribution in [0, 0.1) is 0 Å². The van der Waals surface area contributed by atoms with Crippen LogP contribution in [-0.4, -0.2) is 440 Å². The molecule has 0 saturated carbocycles. The Morgan fingerprint density at radius 1 is 0.333 bits per heavy atom. The number of ether oxygens (including phenoxy) is 22. The van der Waals surface area contributed by atoms with Gasteiger partial charge in [0.15, 0.2) is 55.9 Å². The van der Waals surface area contributed by atoms with Gasteiger partial charge in [-0.3, -0.25) is 48.6 Å². The molecule has 1 N–H and O–H groups in total. The van der Waals surface area contributed by atoms with Crippen LogP contribution in [0.5, 0.6) is 0 Å². The van der Waals surface area contributed by atoms with E-state index in [9.17, 15) is 82.9 Å². The summed E-state index contributed by atoms with van der Waals surface area (Å²) in [6, 6.07) is 0. The number of imide groups is 1. The fourth-order valence-electron chi connectivity index (χ4n) is 12.8. The van der Waals surface area contributed by atoms with Crippen LogP contribution in [0.1, 0.15) is 12.8 Å². The molecule has 64 heteroatoms. The maximum atomic E-state index is 14.4. The van der Waals surface area contributed by atoms with Gasteiger partial charge in [0.1, 0.15) is 97.7 Å². The molecule has 126 heavy (non-hydrogen) atoms. The van der Waals surface area contributed by atoms with E-state index in [1.807, 2.05) is 0 Å². The van der Waals surface area contributed by atoms with Crippen molar-refractivity contribution in [2.45, 2.75) is 166 Å². The molecular weight excluding hydrogens is 1880 g/mol. The molecule has 0 aromatic heterocycles. The van der Waals surface area contributed by atoms with Crippen LogP contribution in [-0.2, 0) is 260 Å². The van der Waals surface area contributed by atoms with Crippen LogP contribution >= 0.6 is 0 Å². The van der Waals surface area contributed by atoms with Crippen molar-refractivity contribution >= 4 is 102 Å². The lowest BCUT2D eigenvalue weighted by Crippen LogP contribution is -2.70. The molecule has 6 aliphatic heterocycles. The van der Waals surface area contributed by atoms with E-state index >= 15 is 0 Å². The molecule has 0 aromatic carbocycles. The molecule has 6 heterocycles. The number of esters is 2. The van der Waals surface area contributed by atoms with Crippen LogP contribution in [0.25, 0.3) is 0 Å². The number of carbonyl (C=O) groups is 5. The molecule has 5 saturated heterocycles. The van der Waals surface area contributed by atoms with Crippen molar-refractivity contribution in [3.8, 4) is 0 Å². The summed E-state index contributed by atoms with van der Waals surface area (Å²) in [6.45, 7) is -3.32. The van der Waals surface area contributed by atoms with Crippen LogP contribution < -0.4 is 5.32 Å². The normalized spacial score (nSPS) is 31.6. The molecule has 3 amide bonds. The van der Waals surface area contributed by atoms with Crippen LogP contribution in [0.15, 0.2) is 12.2 Å². The largest absolute Gasteiger partial charge is 0.467 e. The van der Waals surface area contributed by atoms with Gasteiger partial charge in [0.25, 0.3) is 11.8 Å². The lowest BCUT2D eigenvalue weighted by atomic mass is 9.94. The summed E-state index contributed by atoms with van der Waals surface area (Å²) in [4.78, 5) is 65.5. The third-order valence-corrected chi connectivity index (χ3v) is 24.6. The third-order valence-electron chi connectivity index (χ3n) is 18.7. The predicted octanol–water partition coefficient (Wildman–Crippen LogP) is -7.68. The Morgan fingerprint density at radius 2 is 0.635 bits per heavy atom. The number of nitrogens with zero attached hydrogens (tertiary/aromatic N) is 1. The predicted molar refractivity (Wildman–Crippen MR) is 398 cm³/mol. The number of carbonyl (C=O) groups excluding carboxylic acids is 5. The van der Waals surface area contributed by atoms with Gasteiger partial charge >= 0.3 is 84.7 Å². The molecule has 734 valence electrons. The van der Waals surface area contributed by atoms with Crippen molar-refractivity contribution in [3.63, 3.8) is 0 Å². The van der Waals surface area contributed by atoms with Crippen LogP contribution in [0.4, 0.5) is 0 Å². The zero-order chi connectivity index (χ0) is 93.9. The molecule has 6 rings (SSSR count). The summed E-state index contributed by atoms with van der Waals surface area (Å²) in [5.74, 6) is -4.11. The number of hydrogen-bond donors (Lipinski definition) is 1. The highest BCUT2D eigenvalue weighted by atomic mass is 32.3. The standard InChI is InChI=1S/C62H104N2O55S7/c1-84-42-39(103-29-28-102-27-26-101-25-24-100-23-21-63-36(65)18-17-22-64-37(66)19-20-38(64)67)33(30-104-120(70,71)93-10)108-59(51(42)87-4)112-45-43(85-2)52(88-5)61(114-49(45)56(68)90-7)111-41-35(32-106-122(74,75)95-12)109-62(55(119-126(82,83)99-16)48(41)117-124(78,79)97-14)113-46-44(86-3)53(89-6)60(115-50(46)57(69)91-8)110-40-34(31-105-121(72,73)94-11)107-58(92-9)54(118-125(80,81)98-15)47(40)116-123(76,77)96-13/h19-20,33-35,39-55,58-62H,17-18,21-32H2,1-16H3,(H,63,65)/t33-,34-,35-,39-,40-,41-,42+,43+,44+,45+,46+,47+,48+,49+,50-,51-,52-,53-,54-,55-,58+,59-,60-,61-,62-/m1/s1. The Hall–Kier alpha value is -4.42. The van der Waals surface area contributed by atoms with Crippen molar-refractivity contribution in [2.75, 3.05) is 193 Å². The zero-order valence-corrected chi connectivity index (χ0v) is 76.0. The van der Waals surface area contributed by atoms with Gasteiger partial charge in [-0.25, -0.2) is 38.9 Å². The average Bonchev–Trinajstić information content (AvgIpc) is 1.26. The fraction of sp³-hybridized carbons (Fsp3) is 0.887. The fourth-order valence-corrected chi connectivity index (χ4v) is 16.2. The van der Waals surface area contributed by atoms with Crippen LogP contribution in [0.2, 0.25) is 0 Å². The van der Waals surface area contributed by atoms with Gasteiger partial charge in [0, 0.05) is 81.4 Å². The summed E-state index contributed by atoms with van der Waals surface area (Å²) in [5.41, 5.74) is 0. The Morgan fingerprint density at radius 3 is 0.984 bits per heavy atom. The van der Waals surface area contributed by atoms with E-state index in [0.717, 1.165) is 81.0 Å². The number of nitrogens with one attached hydrogen (secondary N) is 1.